The fraction of sp³-hybridized carbons (Fsp3) is 0.0323. The summed E-state index contributed by atoms with van der Waals surface area (Å²) in [4.78, 5) is 2.32. The average Bonchev–Trinajstić information content (AvgIpc) is 3.89. The van der Waals surface area contributed by atoms with Crippen molar-refractivity contribution in [3.8, 4) is 39.1 Å². The van der Waals surface area contributed by atoms with Crippen LogP contribution in [0.2, 0.25) is 0 Å². The highest BCUT2D eigenvalue weighted by atomic mass is 15.1. The fourth-order valence-electron chi connectivity index (χ4n) is 10.9. The molecule has 10 radical (unpaired) electrons. The number of aromatic nitrogens is 1. The van der Waals surface area contributed by atoms with Crippen molar-refractivity contribution >= 4 is 105 Å². The van der Waals surface area contributed by atoms with Gasteiger partial charge in [0.05, 0.1) is 16.4 Å². The normalized spacial score (nSPS) is 13.9. The van der Waals surface area contributed by atoms with Crippen molar-refractivity contribution in [2.45, 2.75) is 12.3 Å². The molecule has 0 bridgehead atoms. The highest BCUT2D eigenvalue weighted by Crippen LogP contribution is 2.57. The van der Waals surface area contributed by atoms with Gasteiger partial charge in [0.15, 0.2) is 0 Å². The lowest BCUT2D eigenvalue weighted by Crippen LogP contribution is -2.55. The molecule has 0 saturated heterocycles. The van der Waals surface area contributed by atoms with E-state index >= 15 is 0 Å². The van der Waals surface area contributed by atoms with Gasteiger partial charge in [0.25, 0.3) is 0 Å². The van der Waals surface area contributed by atoms with E-state index in [2.05, 4.69) is 223 Å². The van der Waals surface area contributed by atoms with Gasteiger partial charge in [-0.3, -0.25) is 0 Å². The summed E-state index contributed by atoms with van der Waals surface area (Å²) in [7, 11) is 32.0. The zero-order chi connectivity index (χ0) is 47.0. The van der Waals surface area contributed by atoms with Crippen molar-refractivity contribution in [2.75, 3.05) is 4.90 Å². The van der Waals surface area contributed by atoms with Crippen molar-refractivity contribution in [2.24, 2.45) is 0 Å². The number of rotatable bonds is 8. The second-order valence-corrected chi connectivity index (χ2v) is 18.1. The minimum atomic E-state index is -0.581. The van der Waals surface area contributed by atoms with E-state index in [1.165, 1.54) is 60.8 Å². The lowest BCUT2D eigenvalue weighted by atomic mass is 9.60. The summed E-state index contributed by atoms with van der Waals surface area (Å²) in [6.07, 6.45) is 0. The molecule has 11 aromatic rings. The molecule has 0 aliphatic heterocycles. The summed E-state index contributed by atoms with van der Waals surface area (Å²) in [5.41, 5.74) is 19.2. The van der Waals surface area contributed by atoms with Crippen LogP contribution in [0.5, 0.6) is 0 Å². The van der Waals surface area contributed by atoms with Crippen LogP contribution in [0.3, 0.4) is 0 Å². The molecule has 1 aliphatic carbocycles. The Hall–Kier alpha value is -7.88. The van der Waals surface area contributed by atoms with Crippen LogP contribution in [-0.2, 0) is 5.41 Å². The Balaban J connectivity index is 1.03. The maximum Gasteiger partial charge on any atom is 0.113 e. The Labute approximate surface area is 410 Å². The van der Waals surface area contributed by atoms with Crippen LogP contribution in [0.4, 0.5) is 17.1 Å². The van der Waals surface area contributed by atoms with E-state index in [4.69, 9.17) is 39.2 Å². The third kappa shape index (κ3) is 6.70. The molecule has 1 heterocycles. The van der Waals surface area contributed by atoms with Gasteiger partial charge in [0, 0.05) is 33.5 Å². The summed E-state index contributed by atoms with van der Waals surface area (Å²) < 4.78 is 2.35. The second-order valence-electron chi connectivity index (χ2n) is 18.1. The van der Waals surface area contributed by atoms with Crippen molar-refractivity contribution < 1.29 is 0 Å². The summed E-state index contributed by atoms with van der Waals surface area (Å²) >= 11 is 0. The van der Waals surface area contributed by atoms with Crippen LogP contribution in [0.1, 0.15) is 27.8 Å². The van der Waals surface area contributed by atoms with Crippen molar-refractivity contribution in [3.63, 3.8) is 0 Å². The zero-order valence-electron chi connectivity index (χ0n) is 38.1. The standard InChI is InChI=1S/C62H39B5N2/c1-38-20-27-43(28-21-38)62(42-12-4-2-5-13-42)52-18-10-8-16-48(52)49-34-33-47(37-53(49)62)68(46-31-24-40(25-32-46)56-57(63)59(65)61(67)60(66)58(56)64)45-29-22-39(23-30-45)41-26-35-55-51(36-41)50-17-9-11-19-54(50)69(55)44-14-6-3-7-15-44/h2-37H,1H3. The van der Waals surface area contributed by atoms with Gasteiger partial charge in [-0.2, -0.15) is 0 Å². The molecule has 312 valence electrons. The molecule has 0 spiro atoms. The molecule has 12 rings (SSSR count). The van der Waals surface area contributed by atoms with Crippen molar-refractivity contribution in [1.29, 1.82) is 0 Å². The molecule has 69 heavy (non-hydrogen) atoms. The minimum absolute atomic E-state index is 0.190. The Morgan fingerprint density at radius 3 is 1.59 bits per heavy atom. The van der Waals surface area contributed by atoms with E-state index in [1.807, 2.05) is 12.1 Å². The number of fused-ring (bicyclic) bond motifs is 6. The molecule has 0 fully saturated rings. The van der Waals surface area contributed by atoms with Gasteiger partial charge >= 0.3 is 0 Å². The van der Waals surface area contributed by atoms with Crippen LogP contribution in [0.25, 0.3) is 60.9 Å². The molecule has 7 heteroatoms. The van der Waals surface area contributed by atoms with E-state index in [1.54, 1.807) is 0 Å². The Kier molecular flexibility index (Phi) is 10.3. The van der Waals surface area contributed by atoms with Gasteiger partial charge in [-0.15, -0.1) is 16.4 Å². The third-order valence-electron chi connectivity index (χ3n) is 14.2. The average molecular weight is 866 g/mol. The Morgan fingerprint density at radius 2 is 0.899 bits per heavy atom. The first-order chi connectivity index (χ1) is 33.7. The minimum Gasteiger partial charge on any atom is -0.310 e. The molecule has 1 aromatic heterocycles. The van der Waals surface area contributed by atoms with Crippen LogP contribution in [0.15, 0.2) is 218 Å². The topological polar surface area (TPSA) is 8.17 Å². The van der Waals surface area contributed by atoms with E-state index in [-0.39, 0.29) is 16.4 Å². The molecule has 10 aromatic carbocycles. The molecule has 1 unspecified atom stereocenters. The smallest absolute Gasteiger partial charge is 0.113 e. The zero-order valence-corrected chi connectivity index (χ0v) is 38.1. The van der Waals surface area contributed by atoms with E-state index < -0.39 is 5.41 Å². The lowest BCUT2D eigenvalue weighted by Gasteiger charge is -2.35. The van der Waals surface area contributed by atoms with Crippen LogP contribution in [-0.4, -0.2) is 43.8 Å². The lowest BCUT2D eigenvalue weighted by molar-refractivity contribution is 0.768. The summed E-state index contributed by atoms with van der Waals surface area (Å²) in [5, 5.41) is 2.42. The SMILES string of the molecule is [B]c1c([B])c([B])c(-c2ccc(N(c3ccc(-c4ccc5c(c4)c4ccccc4n5-c4ccccc4)cc3)c3ccc4c(c3)C(c3ccccc3)(c3ccc(C)cc3)c3ccccc3-4)cc2)c([B])c1[B]. The number of hydrogen-bond acceptors (Lipinski definition) is 1. The van der Waals surface area contributed by atoms with Crippen LogP contribution >= 0.6 is 0 Å². The quantitative estimate of drug-likeness (QED) is 0.138. The van der Waals surface area contributed by atoms with Gasteiger partial charge in [-0.25, -0.2) is 0 Å². The maximum atomic E-state index is 6.58. The van der Waals surface area contributed by atoms with Crippen LogP contribution in [0, 0.1) is 6.92 Å². The first kappa shape index (κ1) is 42.5. The van der Waals surface area contributed by atoms with E-state index in [0.717, 1.165) is 39.4 Å². The fourth-order valence-corrected chi connectivity index (χ4v) is 10.9. The third-order valence-corrected chi connectivity index (χ3v) is 14.2. The number of nitrogens with zero attached hydrogens (tertiary/aromatic N) is 2. The molecular formula is C62H39B5N2. The molecule has 2 nitrogen and oxygen atoms in total. The predicted octanol–water partition coefficient (Wildman–Crippen LogP) is 10.2. The molecule has 0 amide bonds. The molecular weight excluding hydrogens is 827 g/mol. The van der Waals surface area contributed by atoms with Crippen LogP contribution < -0.4 is 32.2 Å². The Morgan fingerprint density at radius 1 is 0.377 bits per heavy atom. The van der Waals surface area contributed by atoms with Gasteiger partial charge in [0.2, 0.25) is 0 Å². The maximum absolute atomic E-state index is 6.58. The predicted molar refractivity (Wildman–Crippen MR) is 295 cm³/mol. The molecule has 1 atom stereocenters. The summed E-state index contributed by atoms with van der Waals surface area (Å²) in [6.45, 7) is 2.14. The van der Waals surface area contributed by atoms with Crippen molar-refractivity contribution in [3.05, 3.63) is 246 Å². The largest absolute Gasteiger partial charge is 0.310 e. The van der Waals surface area contributed by atoms with Gasteiger partial charge in [-0.1, -0.05) is 168 Å². The highest BCUT2D eigenvalue weighted by molar-refractivity contribution is 6.68. The Bertz CT molecular complexity index is 3740. The van der Waals surface area contributed by atoms with E-state index in [9.17, 15) is 0 Å². The van der Waals surface area contributed by atoms with Crippen molar-refractivity contribution in [1.82, 2.24) is 4.57 Å². The number of hydrogen-bond donors (Lipinski definition) is 0. The summed E-state index contributed by atoms with van der Waals surface area (Å²) in [6, 6.07) is 78.8. The second kappa shape index (κ2) is 16.7. The highest BCUT2D eigenvalue weighted by Gasteiger charge is 2.46. The van der Waals surface area contributed by atoms with Gasteiger partial charge in [0.1, 0.15) is 39.2 Å². The number of benzene rings is 10. The van der Waals surface area contributed by atoms with Gasteiger partial charge < -0.3 is 9.47 Å². The monoisotopic (exact) mass is 866 g/mol. The molecule has 0 N–H and O–H groups in total. The molecule has 0 saturated carbocycles. The first-order valence-electron chi connectivity index (χ1n) is 23.2. The summed E-state index contributed by atoms with van der Waals surface area (Å²) in [5.74, 6) is 0. The number of aryl methyl sites for hydroxylation is 1. The van der Waals surface area contributed by atoms with Gasteiger partial charge in [-0.05, 0) is 129 Å². The first-order valence-corrected chi connectivity index (χ1v) is 23.2. The van der Waals surface area contributed by atoms with E-state index in [0.29, 0.717) is 16.5 Å². The number of anilines is 3. The number of para-hydroxylation sites is 2. The molecule has 1 aliphatic rings.